The highest BCUT2D eigenvalue weighted by Crippen LogP contribution is 2.25. The van der Waals surface area contributed by atoms with Gasteiger partial charge in [-0.1, -0.05) is 53.2 Å². The number of para-hydroxylation sites is 1. The van der Waals surface area contributed by atoms with Crippen LogP contribution in [-0.2, 0) is 17.9 Å². The highest BCUT2D eigenvalue weighted by molar-refractivity contribution is 6.31. The molecule has 0 fully saturated rings. The van der Waals surface area contributed by atoms with Gasteiger partial charge in [0.05, 0.1) is 11.1 Å². The van der Waals surface area contributed by atoms with Gasteiger partial charge < -0.3 is 9.84 Å². The minimum atomic E-state index is -0.331. The number of hydrogen-bond acceptors (Lipinski definition) is 5. The van der Waals surface area contributed by atoms with Gasteiger partial charge in [0.1, 0.15) is 6.54 Å². The molecule has 0 saturated heterocycles. The Bertz CT molecular complexity index is 1260. The average Bonchev–Trinajstić information content (AvgIpc) is 3.15. The zero-order chi connectivity index (χ0) is 20.4. The number of benzene rings is 2. The second-order valence-electron chi connectivity index (χ2n) is 6.51. The van der Waals surface area contributed by atoms with E-state index in [0.29, 0.717) is 21.9 Å². The van der Waals surface area contributed by atoms with Gasteiger partial charge in [0.15, 0.2) is 5.82 Å². The summed E-state index contributed by atoms with van der Waals surface area (Å²) in [4.78, 5) is 29.5. The second-order valence-corrected chi connectivity index (χ2v) is 6.92. The van der Waals surface area contributed by atoms with Gasteiger partial charge in [-0.2, -0.15) is 4.98 Å². The van der Waals surface area contributed by atoms with Gasteiger partial charge in [0.25, 0.3) is 11.4 Å². The van der Waals surface area contributed by atoms with Crippen LogP contribution in [0.5, 0.6) is 0 Å². The first kappa shape index (κ1) is 18.9. The van der Waals surface area contributed by atoms with E-state index in [1.54, 1.807) is 19.1 Å². The van der Waals surface area contributed by atoms with E-state index in [0.717, 1.165) is 10.9 Å². The van der Waals surface area contributed by atoms with Crippen molar-refractivity contribution in [1.82, 2.24) is 20.0 Å². The van der Waals surface area contributed by atoms with Crippen LogP contribution in [0.4, 0.5) is 0 Å². The number of fused-ring (bicyclic) bond motifs is 1. The van der Waals surface area contributed by atoms with E-state index in [1.165, 1.54) is 10.6 Å². The van der Waals surface area contributed by atoms with Crippen molar-refractivity contribution in [2.45, 2.75) is 20.0 Å². The number of hydrogen-bond donors (Lipinski definition) is 1. The van der Waals surface area contributed by atoms with Crippen molar-refractivity contribution < 1.29 is 9.32 Å². The molecule has 29 heavy (non-hydrogen) atoms. The fourth-order valence-electron chi connectivity index (χ4n) is 3.12. The predicted molar refractivity (Wildman–Crippen MR) is 110 cm³/mol. The smallest absolute Gasteiger partial charge is 0.258 e. The molecule has 7 nitrogen and oxygen atoms in total. The highest BCUT2D eigenvalue weighted by Gasteiger charge is 2.16. The summed E-state index contributed by atoms with van der Waals surface area (Å²) in [5.41, 5.74) is 1.63. The lowest BCUT2D eigenvalue weighted by atomic mass is 10.1. The van der Waals surface area contributed by atoms with Crippen molar-refractivity contribution in [3.8, 4) is 11.5 Å². The molecule has 0 atom stereocenters. The van der Waals surface area contributed by atoms with Crippen LogP contribution in [0.1, 0.15) is 11.4 Å². The second kappa shape index (κ2) is 7.89. The number of aromatic nitrogens is 3. The quantitative estimate of drug-likeness (QED) is 0.547. The van der Waals surface area contributed by atoms with Crippen LogP contribution in [0.25, 0.3) is 22.4 Å². The Morgan fingerprint density at radius 2 is 1.93 bits per heavy atom. The maximum absolute atomic E-state index is 12.8. The van der Waals surface area contributed by atoms with Crippen molar-refractivity contribution in [2.24, 2.45) is 0 Å². The number of pyridine rings is 1. The lowest BCUT2D eigenvalue weighted by Gasteiger charge is -2.12. The predicted octanol–water partition coefficient (Wildman–Crippen LogP) is 3.33. The van der Waals surface area contributed by atoms with E-state index in [9.17, 15) is 9.59 Å². The average molecular weight is 409 g/mol. The molecule has 0 aliphatic heterocycles. The first-order chi connectivity index (χ1) is 14.0. The van der Waals surface area contributed by atoms with Crippen LogP contribution < -0.4 is 10.9 Å². The molecule has 0 aliphatic rings. The van der Waals surface area contributed by atoms with Gasteiger partial charge >= 0.3 is 0 Å². The molecule has 2 aromatic carbocycles. The summed E-state index contributed by atoms with van der Waals surface area (Å²) in [6.45, 7) is 1.87. The van der Waals surface area contributed by atoms with Crippen LogP contribution in [0, 0.1) is 6.92 Å². The highest BCUT2D eigenvalue weighted by atomic mass is 35.5. The fraction of sp³-hybridized carbons (Fsp3) is 0.143. The van der Waals surface area contributed by atoms with Crippen LogP contribution >= 0.6 is 11.6 Å². The topological polar surface area (TPSA) is 90.0 Å². The van der Waals surface area contributed by atoms with E-state index in [4.69, 9.17) is 16.1 Å². The van der Waals surface area contributed by atoms with Crippen LogP contribution in [0.3, 0.4) is 0 Å². The van der Waals surface area contributed by atoms with E-state index in [1.807, 2.05) is 36.4 Å². The molecule has 2 aromatic heterocycles. The molecule has 4 aromatic rings. The Labute approximate surface area is 170 Å². The van der Waals surface area contributed by atoms with Gasteiger partial charge in [-0.3, -0.25) is 14.2 Å². The summed E-state index contributed by atoms with van der Waals surface area (Å²) in [5.74, 6) is 0.455. The maximum atomic E-state index is 12.8. The van der Waals surface area contributed by atoms with Crippen molar-refractivity contribution >= 4 is 28.4 Å². The Balaban J connectivity index is 1.64. The Hall–Kier alpha value is -3.45. The first-order valence-corrected chi connectivity index (χ1v) is 9.34. The van der Waals surface area contributed by atoms with Crippen molar-refractivity contribution in [1.29, 1.82) is 0 Å². The molecular formula is C21H17ClN4O3. The van der Waals surface area contributed by atoms with Gasteiger partial charge in [-0.25, -0.2) is 0 Å². The van der Waals surface area contributed by atoms with Gasteiger partial charge in [-0.15, -0.1) is 0 Å². The third-order valence-electron chi connectivity index (χ3n) is 4.51. The third kappa shape index (κ3) is 3.90. The number of rotatable bonds is 5. The molecular weight excluding hydrogens is 392 g/mol. The van der Waals surface area contributed by atoms with Crippen LogP contribution in [0.15, 0.2) is 63.9 Å². The standard InChI is InChI=1S/C21H17ClN4O3/c1-13-24-21(29-25-13)16-10-20(28)26(18-9-5-3-7-15(16)18)12-19(27)23-11-14-6-2-4-8-17(14)22/h2-10H,11-12H2,1H3,(H,23,27). The molecule has 8 heteroatoms. The van der Waals surface area contributed by atoms with E-state index in [-0.39, 0.29) is 30.4 Å². The Kier molecular flexibility index (Phi) is 5.14. The number of carbonyl (C=O) groups excluding carboxylic acids is 1. The number of nitrogens with one attached hydrogen (secondary N) is 1. The minimum Gasteiger partial charge on any atom is -0.350 e. The van der Waals surface area contributed by atoms with E-state index in [2.05, 4.69) is 15.5 Å². The number of carbonyl (C=O) groups is 1. The van der Waals surface area contributed by atoms with Crippen molar-refractivity contribution in [3.63, 3.8) is 0 Å². The van der Waals surface area contributed by atoms with Gasteiger partial charge in [-0.05, 0) is 24.6 Å². The summed E-state index contributed by atoms with van der Waals surface area (Å²) in [5, 5.41) is 7.92. The van der Waals surface area contributed by atoms with Crippen LogP contribution in [-0.4, -0.2) is 20.6 Å². The van der Waals surface area contributed by atoms with Crippen molar-refractivity contribution in [3.05, 3.63) is 81.4 Å². The summed E-state index contributed by atoms with van der Waals surface area (Å²) in [6.07, 6.45) is 0. The molecule has 146 valence electrons. The lowest BCUT2D eigenvalue weighted by molar-refractivity contribution is -0.121. The number of halogens is 1. The van der Waals surface area contributed by atoms with Gasteiger partial charge in [0, 0.05) is 23.0 Å². The molecule has 0 unspecified atom stereocenters. The van der Waals surface area contributed by atoms with E-state index < -0.39 is 0 Å². The molecule has 1 N–H and O–H groups in total. The Morgan fingerprint density at radius 3 is 2.69 bits per heavy atom. The zero-order valence-electron chi connectivity index (χ0n) is 15.6. The zero-order valence-corrected chi connectivity index (χ0v) is 16.3. The summed E-state index contributed by atoms with van der Waals surface area (Å²) in [7, 11) is 0. The number of amides is 1. The summed E-state index contributed by atoms with van der Waals surface area (Å²) in [6, 6.07) is 16.0. The van der Waals surface area contributed by atoms with E-state index >= 15 is 0 Å². The SMILES string of the molecule is Cc1noc(-c2cc(=O)n(CC(=O)NCc3ccccc3Cl)c3ccccc23)n1. The summed E-state index contributed by atoms with van der Waals surface area (Å²) >= 11 is 6.12. The molecule has 0 aliphatic carbocycles. The normalized spacial score (nSPS) is 11.0. The van der Waals surface area contributed by atoms with Gasteiger partial charge in [0.2, 0.25) is 5.91 Å². The third-order valence-corrected chi connectivity index (χ3v) is 4.88. The minimum absolute atomic E-state index is 0.118. The molecule has 0 radical (unpaired) electrons. The first-order valence-electron chi connectivity index (χ1n) is 8.96. The lowest BCUT2D eigenvalue weighted by Crippen LogP contribution is -2.32. The Morgan fingerprint density at radius 1 is 1.17 bits per heavy atom. The molecule has 0 saturated carbocycles. The summed E-state index contributed by atoms with van der Waals surface area (Å²) < 4.78 is 6.65. The van der Waals surface area contributed by atoms with Crippen molar-refractivity contribution in [2.75, 3.05) is 0 Å². The maximum Gasteiger partial charge on any atom is 0.258 e. The largest absolute Gasteiger partial charge is 0.350 e. The molecule has 4 rings (SSSR count). The molecule has 1 amide bonds. The monoisotopic (exact) mass is 408 g/mol. The number of aryl methyl sites for hydroxylation is 1. The number of nitrogens with zero attached hydrogens (tertiary/aromatic N) is 3. The fourth-order valence-corrected chi connectivity index (χ4v) is 3.32. The molecule has 0 bridgehead atoms. The molecule has 2 heterocycles. The molecule has 0 spiro atoms. The van der Waals surface area contributed by atoms with Crippen LogP contribution in [0.2, 0.25) is 5.02 Å².